The van der Waals surface area contributed by atoms with Crippen molar-refractivity contribution < 1.29 is 13.9 Å². The average Bonchev–Trinajstić information content (AvgIpc) is 2.81. The van der Waals surface area contributed by atoms with Crippen LogP contribution in [-0.2, 0) is 11.3 Å². The Morgan fingerprint density at radius 2 is 2.15 bits per heavy atom. The largest absolute Gasteiger partial charge is 0.496 e. The Morgan fingerprint density at radius 3 is 2.70 bits per heavy atom. The number of benzene rings is 1. The predicted octanol–water partition coefficient (Wildman–Crippen LogP) is 1.93. The molecular formula is C15H23FN2O2. The molecule has 0 spiro atoms. The molecule has 0 aliphatic carbocycles. The molecular weight excluding hydrogens is 259 g/mol. The van der Waals surface area contributed by atoms with Crippen molar-refractivity contribution in [2.75, 3.05) is 34.4 Å². The van der Waals surface area contributed by atoms with Crippen LogP contribution in [0.2, 0.25) is 0 Å². The molecule has 0 aromatic heterocycles. The maximum Gasteiger partial charge on any atom is 0.131 e. The van der Waals surface area contributed by atoms with Gasteiger partial charge in [0.15, 0.2) is 0 Å². The average molecular weight is 282 g/mol. The van der Waals surface area contributed by atoms with Gasteiger partial charge in [-0.25, -0.2) is 4.39 Å². The highest BCUT2D eigenvalue weighted by Crippen LogP contribution is 2.37. The van der Waals surface area contributed by atoms with Crippen molar-refractivity contribution in [2.24, 2.45) is 11.7 Å². The normalized spacial score (nSPS) is 23.2. The minimum atomic E-state index is -0.226. The number of halogens is 1. The standard InChI is InChI=1S/C15H23FN2O2/c1-18-8-10(7-17)4-14(18)12-5-11(9-19-2)15(20-3)6-13(12)16/h5-6,10,14H,4,7-9,17H2,1-3H3. The van der Waals surface area contributed by atoms with Gasteiger partial charge in [-0.1, -0.05) is 0 Å². The van der Waals surface area contributed by atoms with E-state index in [1.807, 2.05) is 13.1 Å². The van der Waals surface area contributed by atoms with Crippen molar-refractivity contribution >= 4 is 0 Å². The fourth-order valence-electron chi connectivity index (χ4n) is 2.97. The number of hydrogen-bond acceptors (Lipinski definition) is 4. The lowest BCUT2D eigenvalue weighted by Crippen LogP contribution is -2.21. The lowest BCUT2D eigenvalue weighted by Gasteiger charge is -2.22. The van der Waals surface area contributed by atoms with E-state index in [0.29, 0.717) is 30.4 Å². The molecule has 1 fully saturated rings. The molecule has 1 aliphatic heterocycles. The third-order valence-corrected chi connectivity index (χ3v) is 4.03. The summed E-state index contributed by atoms with van der Waals surface area (Å²) in [5, 5.41) is 0. The lowest BCUT2D eigenvalue weighted by atomic mass is 9.97. The predicted molar refractivity (Wildman–Crippen MR) is 76.2 cm³/mol. The van der Waals surface area contributed by atoms with Gasteiger partial charge < -0.3 is 15.2 Å². The van der Waals surface area contributed by atoms with Crippen LogP contribution in [0.4, 0.5) is 4.39 Å². The number of nitrogens with two attached hydrogens (primary N) is 1. The zero-order chi connectivity index (χ0) is 14.7. The second-order valence-corrected chi connectivity index (χ2v) is 5.41. The molecule has 0 bridgehead atoms. The first-order chi connectivity index (χ1) is 9.60. The van der Waals surface area contributed by atoms with Crippen molar-refractivity contribution in [1.82, 2.24) is 4.90 Å². The molecule has 1 aromatic rings. The van der Waals surface area contributed by atoms with Crippen LogP contribution in [0, 0.1) is 11.7 Å². The Balaban J connectivity index is 2.34. The Morgan fingerprint density at radius 1 is 1.40 bits per heavy atom. The van der Waals surface area contributed by atoms with Gasteiger partial charge in [0.2, 0.25) is 0 Å². The molecule has 1 saturated heterocycles. The molecule has 2 N–H and O–H groups in total. The first-order valence-electron chi connectivity index (χ1n) is 6.86. The van der Waals surface area contributed by atoms with Gasteiger partial charge >= 0.3 is 0 Å². The van der Waals surface area contributed by atoms with E-state index in [1.54, 1.807) is 14.2 Å². The zero-order valence-corrected chi connectivity index (χ0v) is 12.4. The summed E-state index contributed by atoms with van der Waals surface area (Å²) >= 11 is 0. The molecule has 5 heteroatoms. The maximum absolute atomic E-state index is 14.3. The van der Waals surface area contributed by atoms with Gasteiger partial charge in [-0.2, -0.15) is 0 Å². The van der Waals surface area contributed by atoms with E-state index in [2.05, 4.69) is 4.90 Å². The van der Waals surface area contributed by atoms with Crippen molar-refractivity contribution in [3.05, 3.63) is 29.1 Å². The van der Waals surface area contributed by atoms with Crippen LogP contribution in [0.5, 0.6) is 5.75 Å². The van der Waals surface area contributed by atoms with Gasteiger partial charge in [-0.05, 0) is 32.0 Å². The molecule has 0 radical (unpaired) electrons. The minimum absolute atomic E-state index is 0.0741. The molecule has 1 heterocycles. The molecule has 2 atom stereocenters. The van der Waals surface area contributed by atoms with E-state index in [1.165, 1.54) is 6.07 Å². The first-order valence-corrected chi connectivity index (χ1v) is 6.86. The van der Waals surface area contributed by atoms with Crippen molar-refractivity contribution in [1.29, 1.82) is 0 Å². The minimum Gasteiger partial charge on any atom is -0.496 e. The van der Waals surface area contributed by atoms with E-state index >= 15 is 0 Å². The Labute approximate surface area is 119 Å². The summed E-state index contributed by atoms with van der Waals surface area (Å²) in [6.45, 7) is 1.96. The molecule has 0 amide bonds. The molecule has 1 aliphatic rings. The van der Waals surface area contributed by atoms with Crippen LogP contribution in [0.3, 0.4) is 0 Å². The molecule has 4 nitrogen and oxygen atoms in total. The number of likely N-dealkylation sites (tertiary alicyclic amines) is 1. The SMILES string of the molecule is COCc1cc(C2CC(CN)CN2C)c(F)cc1OC. The fourth-order valence-corrected chi connectivity index (χ4v) is 2.97. The molecule has 2 unspecified atom stereocenters. The van der Waals surface area contributed by atoms with Gasteiger partial charge in [0, 0.05) is 36.9 Å². The summed E-state index contributed by atoms with van der Waals surface area (Å²) in [6, 6.07) is 3.38. The van der Waals surface area contributed by atoms with Crippen LogP contribution in [0.25, 0.3) is 0 Å². The number of nitrogens with zero attached hydrogens (tertiary/aromatic N) is 1. The second-order valence-electron chi connectivity index (χ2n) is 5.41. The van der Waals surface area contributed by atoms with Gasteiger partial charge in [0.1, 0.15) is 11.6 Å². The molecule has 0 saturated carbocycles. The van der Waals surface area contributed by atoms with Crippen molar-refractivity contribution in [3.63, 3.8) is 0 Å². The topological polar surface area (TPSA) is 47.7 Å². The zero-order valence-electron chi connectivity index (χ0n) is 12.4. The third-order valence-electron chi connectivity index (χ3n) is 4.03. The number of rotatable bonds is 5. The summed E-state index contributed by atoms with van der Waals surface area (Å²) in [5.74, 6) is 0.734. The number of hydrogen-bond donors (Lipinski definition) is 1. The third kappa shape index (κ3) is 2.95. The van der Waals surface area contributed by atoms with Crippen molar-refractivity contribution in [3.8, 4) is 5.75 Å². The number of ether oxygens (including phenoxy) is 2. The fraction of sp³-hybridized carbons (Fsp3) is 0.600. The monoisotopic (exact) mass is 282 g/mol. The van der Waals surface area contributed by atoms with Gasteiger partial charge in [0.05, 0.1) is 13.7 Å². The van der Waals surface area contributed by atoms with Gasteiger partial charge in [-0.15, -0.1) is 0 Å². The molecule has 20 heavy (non-hydrogen) atoms. The highest BCUT2D eigenvalue weighted by molar-refractivity contribution is 5.39. The first kappa shape index (κ1) is 15.2. The molecule has 112 valence electrons. The second kappa shape index (κ2) is 6.52. The van der Waals surface area contributed by atoms with E-state index in [9.17, 15) is 4.39 Å². The van der Waals surface area contributed by atoms with Gasteiger partial charge in [-0.3, -0.25) is 4.90 Å². The van der Waals surface area contributed by atoms with E-state index < -0.39 is 0 Å². The maximum atomic E-state index is 14.3. The number of methoxy groups -OCH3 is 2. The smallest absolute Gasteiger partial charge is 0.131 e. The highest BCUT2D eigenvalue weighted by atomic mass is 19.1. The van der Waals surface area contributed by atoms with E-state index in [-0.39, 0.29) is 11.9 Å². The van der Waals surface area contributed by atoms with Crippen LogP contribution >= 0.6 is 0 Å². The summed E-state index contributed by atoms with van der Waals surface area (Å²) in [5.41, 5.74) is 7.31. The van der Waals surface area contributed by atoms with Gasteiger partial charge in [0.25, 0.3) is 0 Å². The van der Waals surface area contributed by atoms with Crippen LogP contribution < -0.4 is 10.5 Å². The van der Waals surface area contributed by atoms with Crippen molar-refractivity contribution in [2.45, 2.75) is 19.1 Å². The Hall–Kier alpha value is -1.17. The molecule has 1 aromatic carbocycles. The van der Waals surface area contributed by atoms with E-state index in [4.69, 9.17) is 15.2 Å². The Kier molecular flexibility index (Phi) is 4.96. The summed E-state index contributed by atoms with van der Waals surface area (Å²) in [4.78, 5) is 2.17. The van der Waals surface area contributed by atoms with E-state index in [0.717, 1.165) is 18.5 Å². The van der Waals surface area contributed by atoms with Crippen LogP contribution in [0.1, 0.15) is 23.6 Å². The van der Waals surface area contributed by atoms with Crippen LogP contribution in [0.15, 0.2) is 12.1 Å². The molecule has 2 rings (SSSR count). The highest BCUT2D eigenvalue weighted by Gasteiger charge is 2.32. The summed E-state index contributed by atoms with van der Waals surface area (Å²) in [6.07, 6.45) is 0.892. The Bertz CT molecular complexity index is 467. The van der Waals surface area contributed by atoms with Crippen LogP contribution in [-0.4, -0.2) is 39.3 Å². The summed E-state index contributed by atoms with van der Waals surface area (Å²) < 4.78 is 24.7. The summed E-state index contributed by atoms with van der Waals surface area (Å²) in [7, 11) is 5.17. The lowest BCUT2D eigenvalue weighted by molar-refractivity contribution is 0.181. The quantitative estimate of drug-likeness (QED) is 0.896.